The zero-order chi connectivity index (χ0) is 58.6. The summed E-state index contributed by atoms with van der Waals surface area (Å²) in [6.07, 6.45) is 3.74. The van der Waals surface area contributed by atoms with E-state index < -0.39 is 41.7 Å². The van der Waals surface area contributed by atoms with Crippen LogP contribution in [0.25, 0.3) is 72.3 Å². The Bertz CT molecular complexity index is 4690. The molecule has 2 aliphatic carbocycles. The molecular formula is C63H48N4OPt-2. The Kier molecular flexibility index (Phi) is 6.91. The van der Waals surface area contributed by atoms with E-state index in [0.717, 1.165) is 38.5 Å². The first-order valence-corrected chi connectivity index (χ1v) is 23.9. The third-order valence-electron chi connectivity index (χ3n) is 13.8. The van der Waals surface area contributed by atoms with Crippen LogP contribution in [0.2, 0.25) is 0 Å². The van der Waals surface area contributed by atoms with Gasteiger partial charge in [0.1, 0.15) is 0 Å². The second-order valence-electron chi connectivity index (χ2n) is 18.6. The van der Waals surface area contributed by atoms with Crippen molar-refractivity contribution >= 4 is 32.8 Å². The van der Waals surface area contributed by atoms with E-state index in [1.165, 1.54) is 0 Å². The van der Waals surface area contributed by atoms with Crippen molar-refractivity contribution in [1.82, 2.24) is 18.7 Å². The molecule has 1 atom stereocenters. The van der Waals surface area contributed by atoms with Crippen molar-refractivity contribution < 1.29 is 43.3 Å². The minimum absolute atomic E-state index is 0.00539. The molecule has 2 aliphatic rings. The third-order valence-corrected chi connectivity index (χ3v) is 14.8. The first-order chi connectivity index (χ1) is 39.5. The zero-order valence-corrected chi connectivity index (χ0v) is 39.9. The van der Waals surface area contributed by atoms with Gasteiger partial charge in [-0.2, -0.15) is 0 Å². The Hall–Kier alpha value is -7.33. The summed E-state index contributed by atoms with van der Waals surface area (Å²) in [7, 11) is 0. The summed E-state index contributed by atoms with van der Waals surface area (Å²) in [6.45, 7) is 6.37. The summed E-state index contributed by atoms with van der Waals surface area (Å²) in [5, 5.41) is 1.48. The number of benzene rings is 8. The molecule has 1 unspecified atom stereocenters. The summed E-state index contributed by atoms with van der Waals surface area (Å²) in [4.78, 5) is 4.85. The van der Waals surface area contributed by atoms with E-state index in [0.29, 0.717) is 91.5 Å². The number of fused-ring (bicyclic) bond motifs is 8. The van der Waals surface area contributed by atoms with Gasteiger partial charge < -0.3 is 0 Å². The van der Waals surface area contributed by atoms with Gasteiger partial charge >= 0.3 is 336 Å². The van der Waals surface area contributed by atoms with Crippen molar-refractivity contribution in [1.29, 1.82) is 0 Å². The Morgan fingerprint density at radius 1 is 0.623 bits per heavy atom. The van der Waals surface area contributed by atoms with Crippen molar-refractivity contribution in [2.75, 3.05) is 0 Å². The Morgan fingerprint density at radius 3 is 2.14 bits per heavy atom. The van der Waals surface area contributed by atoms with Crippen molar-refractivity contribution in [3.63, 3.8) is 0 Å². The van der Waals surface area contributed by atoms with Crippen LogP contribution in [0, 0.1) is 15.9 Å². The average Bonchev–Trinajstić information content (AvgIpc) is 4.43. The van der Waals surface area contributed by atoms with Crippen LogP contribution in [-0.2, 0) is 43.0 Å². The van der Waals surface area contributed by atoms with Crippen LogP contribution in [0.3, 0.4) is 0 Å². The average molecular weight is 1090 g/mol. The molecular weight excluding hydrogens is 1020 g/mol. The number of rotatable bonds is 7. The van der Waals surface area contributed by atoms with Gasteiger partial charge in [-0.1, -0.05) is 57.0 Å². The molecule has 0 fully saturated rings. The van der Waals surface area contributed by atoms with Crippen LogP contribution >= 0.6 is 0 Å². The fourth-order valence-electron chi connectivity index (χ4n) is 10.6. The number of hydrogen-bond donors (Lipinski definition) is 0. The van der Waals surface area contributed by atoms with Crippen LogP contribution in [0.5, 0.6) is 11.5 Å². The van der Waals surface area contributed by atoms with E-state index in [1.807, 2.05) is 92.6 Å². The maximum absolute atomic E-state index is 9.40. The molecule has 3 heterocycles. The molecule has 0 radical (unpaired) electrons. The fourth-order valence-corrected chi connectivity index (χ4v) is 11.7. The molecule has 0 aliphatic heterocycles. The SMILES string of the molecule is [2H]c1c([2H])c([2H])c(-c2ccc3c(c2)c2ccc(Oc4[c-]c(-n5[c](=[Pt])n(-c6c(-c7c([2H])c([2H])c([2H])c([2H])c7[2H])ccc7c6C6(CC7)CCc7c([2H])c([2H])c([2H])c([2H])c76)c6ccccc65)ccc4)[c-]c2n3-c2cc(C(C)(C)C)ccn2)c([2H])c1[2H]. The summed E-state index contributed by atoms with van der Waals surface area (Å²) in [6, 6.07) is 32.3. The molecule has 11 aromatic rings. The van der Waals surface area contributed by atoms with Crippen LogP contribution in [0.15, 0.2) is 188 Å². The molecule has 338 valence electrons. The van der Waals surface area contributed by atoms with E-state index in [-0.39, 0.29) is 64.9 Å². The van der Waals surface area contributed by atoms with E-state index in [1.54, 1.807) is 24.4 Å². The van der Waals surface area contributed by atoms with Gasteiger partial charge in [-0.05, 0) is 28.2 Å². The van der Waals surface area contributed by atoms with Gasteiger partial charge in [-0.3, -0.25) is 0 Å². The molecule has 0 amide bonds. The number of pyridine rings is 1. The Morgan fingerprint density at radius 2 is 1.35 bits per heavy atom. The van der Waals surface area contributed by atoms with Crippen molar-refractivity contribution in [3.8, 4) is 50.9 Å². The molecule has 0 bridgehead atoms. The van der Waals surface area contributed by atoms with Gasteiger partial charge in [0.05, 0.1) is 6.85 Å². The number of aryl methyl sites for hydroxylation is 1. The predicted molar refractivity (Wildman–Crippen MR) is 276 cm³/mol. The predicted octanol–water partition coefficient (Wildman–Crippen LogP) is 15.2. The van der Waals surface area contributed by atoms with Gasteiger partial charge in [0, 0.05) is 6.20 Å². The normalized spacial score (nSPS) is 18.2. The minimum atomic E-state index is -0.916. The van der Waals surface area contributed by atoms with Gasteiger partial charge in [0.15, 0.2) is 0 Å². The van der Waals surface area contributed by atoms with Crippen molar-refractivity contribution in [2.45, 2.75) is 57.3 Å². The number of para-hydroxylation sites is 2. The summed E-state index contributed by atoms with van der Waals surface area (Å²) in [5.41, 5.74) is 7.55. The minimum Gasteiger partial charge on any atom is -0.0617 e. The second kappa shape index (κ2) is 16.1. The molecule has 1 spiro atoms. The molecule has 0 saturated carbocycles. The molecule has 5 nitrogen and oxygen atoms in total. The third kappa shape index (κ3) is 6.77. The first kappa shape index (κ1) is 29.5. The molecule has 13 rings (SSSR count). The van der Waals surface area contributed by atoms with Gasteiger partial charge in [0.2, 0.25) is 0 Å². The standard InChI is InChI=1S/C63H48N4O.Pt/c1-62(2,3)47-33-36-64-59(38-47)67-55-30-26-46(42-15-6-4-7-16-42)37-53(55)52-29-27-50(40-58(52)67)68-49-21-14-20-48(39-49)65-41-66(57-24-13-12-23-56(57)65)61-51(43-17-8-5-9-18-43)28-25-45-32-35-63(60(45)61)34-31-44-19-10-11-22-54(44)63;/h4-30,33,36-38H,31-32,34-35H2,1-3H3;/q-2;/i4D,5D,6D,7D,8D,9D,10D,11D,15D,16D,17D,18D,19D,22D;. The quantitative estimate of drug-likeness (QED) is 0.149. The molecule has 6 heteroatoms. The van der Waals surface area contributed by atoms with Gasteiger partial charge in [-0.25, -0.2) is 0 Å². The first-order valence-electron chi connectivity index (χ1n) is 29.8. The number of aromatic nitrogens is 4. The Labute approximate surface area is 433 Å². The topological polar surface area (TPSA) is 36.9 Å². The van der Waals surface area contributed by atoms with E-state index in [4.69, 9.17) is 24.8 Å². The van der Waals surface area contributed by atoms with E-state index in [2.05, 4.69) is 52.3 Å². The van der Waals surface area contributed by atoms with Crippen LogP contribution in [-0.4, -0.2) is 18.7 Å². The zero-order valence-electron chi connectivity index (χ0n) is 51.7. The maximum atomic E-state index is 9.40. The van der Waals surface area contributed by atoms with E-state index in [9.17, 15) is 4.11 Å². The second-order valence-corrected chi connectivity index (χ2v) is 19.7. The number of hydrogen-bond acceptors (Lipinski definition) is 2. The van der Waals surface area contributed by atoms with Gasteiger partial charge in [0.25, 0.3) is 0 Å². The summed E-state index contributed by atoms with van der Waals surface area (Å²) < 4.78 is 137. The monoisotopic (exact) mass is 1090 g/mol. The molecule has 8 aromatic carbocycles. The van der Waals surface area contributed by atoms with Crippen molar-refractivity contribution in [2.24, 2.45) is 0 Å². The Balaban J connectivity index is 0.991. The number of nitrogens with zero attached hydrogens (tertiary/aromatic N) is 4. The van der Waals surface area contributed by atoms with Crippen LogP contribution in [0.4, 0.5) is 0 Å². The van der Waals surface area contributed by atoms with Crippen molar-refractivity contribution in [3.05, 3.63) is 232 Å². The fraction of sp³-hybridized carbons (Fsp3) is 0.143. The summed E-state index contributed by atoms with van der Waals surface area (Å²) >= 11 is 2.25. The van der Waals surface area contributed by atoms with E-state index >= 15 is 0 Å². The molecule has 0 saturated heterocycles. The number of imidazole rings is 1. The molecule has 69 heavy (non-hydrogen) atoms. The van der Waals surface area contributed by atoms with Gasteiger partial charge in [-0.15, -0.1) is 0 Å². The van der Waals surface area contributed by atoms with Crippen LogP contribution in [0.1, 0.15) is 80.6 Å². The molecule has 0 N–H and O–H groups in total. The summed E-state index contributed by atoms with van der Waals surface area (Å²) in [5.74, 6) is 1.30. The smallest absolute Gasteiger partial charge is 0.0617 e. The molecule has 3 aromatic heterocycles. The van der Waals surface area contributed by atoms with Crippen LogP contribution < -0.4 is 4.74 Å². The number of ether oxygens (including phenoxy) is 1.